The van der Waals surface area contributed by atoms with Crippen LogP contribution >= 0.6 is 0 Å². The van der Waals surface area contributed by atoms with Gasteiger partial charge in [-0.15, -0.1) is 0 Å². The van der Waals surface area contributed by atoms with Gasteiger partial charge < -0.3 is 14.5 Å². The van der Waals surface area contributed by atoms with Crippen LogP contribution < -0.4 is 4.74 Å². The first-order valence-corrected chi connectivity index (χ1v) is 10.4. The van der Waals surface area contributed by atoms with Crippen molar-refractivity contribution < 1.29 is 18.7 Å². The number of halogens is 1. The van der Waals surface area contributed by atoms with Gasteiger partial charge in [0.05, 0.1) is 6.04 Å². The fourth-order valence-corrected chi connectivity index (χ4v) is 3.88. The number of ether oxygens (including phenoxy) is 1. The van der Waals surface area contributed by atoms with Gasteiger partial charge in [0.2, 0.25) is 5.91 Å². The molecule has 0 saturated heterocycles. The second-order valence-electron chi connectivity index (χ2n) is 7.64. The first-order valence-electron chi connectivity index (χ1n) is 10.4. The predicted molar refractivity (Wildman–Crippen MR) is 114 cm³/mol. The van der Waals surface area contributed by atoms with Gasteiger partial charge in [-0.1, -0.05) is 25.1 Å². The van der Waals surface area contributed by atoms with E-state index in [-0.39, 0.29) is 23.7 Å². The van der Waals surface area contributed by atoms with Crippen LogP contribution in [0.25, 0.3) is 0 Å². The summed E-state index contributed by atoms with van der Waals surface area (Å²) in [6.45, 7) is 6.61. The Bertz CT molecular complexity index is 913. The number of amides is 2. The van der Waals surface area contributed by atoms with E-state index in [0.717, 1.165) is 23.1 Å². The average Bonchev–Trinajstić information content (AvgIpc) is 2.76. The summed E-state index contributed by atoms with van der Waals surface area (Å²) >= 11 is 0. The lowest BCUT2D eigenvalue weighted by Crippen LogP contribution is -2.40. The summed E-state index contributed by atoms with van der Waals surface area (Å²) < 4.78 is 19.5. The fourth-order valence-electron chi connectivity index (χ4n) is 3.88. The quantitative estimate of drug-likeness (QED) is 0.722. The highest BCUT2D eigenvalue weighted by molar-refractivity contribution is 5.81. The van der Waals surface area contributed by atoms with E-state index >= 15 is 0 Å². The molecule has 2 amide bonds. The monoisotopic (exact) mass is 412 g/mol. The third-order valence-corrected chi connectivity index (χ3v) is 5.71. The van der Waals surface area contributed by atoms with E-state index in [4.69, 9.17) is 4.74 Å². The first kappa shape index (κ1) is 21.8. The van der Waals surface area contributed by atoms with Crippen molar-refractivity contribution >= 4 is 11.8 Å². The van der Waals surface area contributed by atoms with Gasteiger partial charge in [-0.05, 0) is 60.7 Å². The van der Waals surface area contributed by atoms with E-state index in [9.17, 15) is 14.0 Å². The second-order valence-corrected chi connectivity index (χ2v) is 7.64. The number of carbonyl (C=O) groups is 2. The number of carbonyl (C=O) groups excluding carboxylic acids is 2. The minimum atomic E-state index is -0.565. The van der Waals surface area contributed by atoms with E-state index in [1.54, 1.807) is 35.9 Å². The lowest BCUT2D eigenvalue weighted by molar-refractivity contribution is -0.137. The largest absolute Gasteiger partial charge is 0.481 e. The van der Waals surface area contributed by atoms with Crippen LogP contribution in [0.15, 0.2) is 42.5 Å². The highest BCUT2D eigenvalue weighted by Gasteiger charge is 2.31. The molecule has 6 heteroatoms. The summed E-state index contributed by atoms with van der Waals surface area (Å²) in [5.74, 6) is 0.187. The smallest absolute Gasteiger partial charge is 0.263 e. The average molecular weight is 413 g/mol. The normalized spacial score (nSPS) is 16.6. The third-order valence-electron chi connectivity index (χ3n) is 5.71. The minimum absolute atomic E-state index is 0.0347. The van der Waals surface area contributed by atoms with Crippen LogP contribution in [0.3, 0.4) is 0 Å². The highest BCUT2D eigenvalue weighted by Crippen LogP contribution is 2.37. The topological polar surface area (TPSA) is 49.9 Å². The van der Waals surface area contributed by atoms with Crippen molar-refractivity contribution in [3.8, 4) is 5.75 Å². The molecule has 0 aliphatic carbocycles. The Hall–Kier alpha value is -2.89. The van der Waals surface area contributed by atoms with Crippen LogP contribution in [0.1, 0.15) is 49.9 Å². The van der Waals surface area contributed by atoms with Gasteiger partial charge >= 0.3 is 0 Å². The molecule has 0 radical (unpaired) electrons. The summed E-state index contributed by atoms with van der Waals surface area (Å²) in [7, 11) is 1.76. The number of fused-ring (bicyclic) bond motifs is 1. The molecule has 0 spiro atoms. The van der Waals surface area contributed by atoms with E-state index < -0.39 is 6.10 Å². The second kappa shape index (κ2) is 9.28. The molecule has 3 rings (SSSR count). The maximum Gasteiger partial charge on any atom is 0.263 e. The van der Waals surface area contributed by atoms with Crippen molar-refractivity contribution in [2.75, 3.05) is 20.1 Å². The molecule has 0 bridgehead atoms. The standard InChI is InChI=1S/C24H29FN2O3/c1-5-22(24(29)26(4)6-2)30-20-12-9-17-13-14-27(16(3)28)23(21(17)15-20)18-7-10-19(25)11-8-18/h7-12,15,22-23H,5-6,13-14H2,1-4H3/t22-,23-/m1/s1. The minimum Gasteiger partial charge on any atom is -0.481 e. The van der Waals surface area contributed by atoms with Crippen LogP contribution in [0.5, 0.6) is 5.75 Å². The molecule has 1 aliphatic heterocycles. The Morgan fingerprint density at radius 1 is 1.20 bits per heavy atom. The van der Waals surface area contributed by atoms with E-state index in [2.05, 4.69) is 0 Å². The zero-order chi connectivity index (χ0) is 21.8. The van der Waals surface area contributed by atoms with Gasteiger partial charge in [-0.2, -0.15) is 0 Å². The Balaban J connectivity index is 1.98. The van der Waals surface area contributed by atoms with Crippen LogP contribution in [-0.4, -0.2) is 47.9 Å². The Labute approximate surface area is 177 Å². The van der Waals surface area contributed by atoms with Gasteiger partial charge in [0.15, 0.2) is 6.10 Å². The van der Waals surface area contributed by atoms with Crippen molar-refractivity contribution in [2.24, 2.45) is 0 Å². The number of nitrogens with zero attached hydrogens (tertiary/aromatic N) is 2. The van der Waals surface area contributed by atoms with E-state index in [0.29, 0.717) is 25.3 Å². The summed E-state index contributed by atoms with van der Waals surface area (Å²) in [5, 5.41) is 0. The molecule has 2 atom stereocenters. The molecule has 0 unspecified atom stereocenters. The molecule has 0 N–H and O–H groups in total. The molecule has 1 aliphatic rings. The Morgan fingerprint density at radius 3 is 2.50 bits per heavy atom. The SMILES string of the molecule is CC[C@@H](Oc1ccc2c(c1)[C@@H](c1ccc(F)cc1)N(C(C)=O)CC2)C(=O)N(C)CC. The summed E-state index contributed by atoms with van der Waals surface area (Å²) in [4.78, 5) is 28.3. The molecule has 160 valence electrons. The van der Waals surface area contributed by atoms with Gasteiger partial charge in [-0.3, -0.25) is 9.59 Å². The fraction of sp³-hybridized carbons (Fsp3) is 0.417. The van der Waals surface area contributed by atoms with E-state index in [1.807, 2.05) is 32.0 Å². The molecule has 2 aromatic rings. The molecular weight excluding hydrogens is 383 g/mol. The zero-order valence-electron chi connectivity index (χ0n) is 18.0. The van der Waals surface area contributed by atoms with Crippen LogP contribution in [0.4, 0.5) is 4.39 Å². The summed E-state index contributed by atoms with van der Waals surface area (Å²) in [6.07, 6.45) is 0.729. The Morgan fingerprint density at radius 2 is 1.90 bits per heavy atom. The number of hydrogen-bond acceptors (Lipinski definition) is 3. The maximum atomic E-state index is 13.5. The molecule has 0 fully saturated rings. The van der Waals surface area contributed by atoms with Crippen LogP contribution in [0, 0.1) is 5.82 Å². The highest BCUT2D eigenvalue weighted by atomic mass is 19.1. The molecule has 0 aromatic heterocycles. The number of hydrogen-bond donors (Lipinski definition) is 0. The van der Waals surface area contributed by atoms with Gasteiger partial charge in [-0.25, -0.2) is 4.39 Å². The van der Waals surface area contributed by atoms with E-state index in [1.165, 1.54) is 12.1 Å². The zero-order valence-corrected chi connectivity index (χ0v) is 18.0. The number of rotatable bonds is 6. The molecule has 2 aromatic carbocycles. The molecular formula is C24H29FN2O3. The van der Waals surface area contributed by atoms with Gasteiger partial charge in [0.1, 0.15) is 11.6 Å². The maximum absolute atomic E-state index is 13.5. The molecule has 1 heterocycles. The summed E-state index contributed by atoms with van der Waals surface area (Å²) in [6, 6.07) is 11.7. The van der Waals surface area contributed by atoms with Crippen LogP contribution in [-0.2, 0) is 16.0 Å². The van der Waals surface area contributed by atoms with Crippen molar-refractivity contribution in [1.29, 1.82) is 0 Å². The van der Waals surface area contributed by atoms with Crippen molar-refractivity contribution in [1.82, 2.24) is 9.80 Å². The van der Waals surface area contributed by atoms with Gasteiger partial charge in [0.25, 0.3) is 5.91 Å². The van der Waals surface area contributed by atoms with Gasteiger partial charge in [0, 0.05) is 27.1 Å². The van der Waals surface area contributed by atoms with Crippen molar-refractivity contribution in [3.63, 3.8) is 0 Å². The summed E-state index contributed by atoms with van der Waals surface area (Å²) in [5.41, 5.74) is 2.92. The molecule has 30 heavy (non-hydrogen) atoms. The Kier molecular flexibility index (Phi) is 6.75. The van der Waals surface area contributed by atoms with Crippen molar-refractivity contribution in [3.05, 3.63) is 65.0 Å². The first-order chi connectivity index (χ1) is 14.3. The van der Waals surface area contributed by atoms with Crippen LogP contribution in [0.2, 0.25) is 0 Å². The number of likely N-dealkylation sites (N-methyl/N-ethyl adjacent to an activating group) is 1. The lowest BCUT2D eigenvalue weighted by atomic mass is 9.88. The molecule has 5 nitrogen and oxygen atoms in total. The lowest BCUT2D eigenvalue weighted by Gasteiger charge is -2.37. The van der Waals surface area contributed by atoms with Crippen molar-refractivity contribution in [2.45, 2.75) is 45.8 Å². The molecule has 0 saturated carbocycles. The third kappa shape index (κ3) is 4.48. The number of benzene rings is 2. The predicted octanol–water partition coefficient (Wildman–Crippen LogP) is 3.96.